The number of nitrogens with one attached hydrogen (secondary N) is 11. The highest BCUT2D eigenvalue weighted by Crippen LogP contribution is 2.09. The molecule has 0 bridgehead atoms. The van der Waals surface area contributed by atoms with Gasteiger partial charge in [-0.05, 0) is 26.2 Å². The van der Waals surface area contributed by atoms with Crippen molar-refractivity contribution in [3.8, 4) is 0 Å². The molecule has 0 fully saturated rings. The fourth-order valence-corrected chi connectivity index (χ4v) is 7.05. The summed E-state index contributed by atoms with van der Waals surface area (Å²) in [5, 5.41) is 97.8. The first-order chi connectivity index (χ1) is 40.8. The average Bonchev–Trinajstić information content (AvgIpc) is 2.85. The molecule has 42 nitrogen and oxygen atoms in total. The van der Waals surface area contributed by atoms with Crippen LogP contribution in [-0.2, 0) is 95.9 Å². The maximum atomic E-state index is 13.7. The van der Waals surface area contributed by atoms with E-state index in [0.29, 0.717) is 0 Å². The summed E-state index contributed by atoms with van der Waals surface area (Å²) in [5.41, 5.74) is 15.4. The molecule has 14 amide bonds. The van der Waals surface area contributed by atoms with Crippen LogP contribution < -0.4 is 75.7 Å². The first-order valence-corrected chi connectivity index (χ1v) is 25.5. The molecule has 42 heteroatoms. The molecule has 0 aliphatic rings. The average molecular weight is 1270 g/mol. The SMILES string of the molecule is CC(=O)NC(CC(N)=O)C(=O)N[C@H](CC(=O)O)C(=O)NC(CO)C(=O)N[C@H](CCC(=O)O)C(=O)NC(CC(=O)O)C(=O)N[C@H](CC(N)=O)C(=O)NC(CO)C(=O)N[C@H](CC(=O)O)C(=O)NC(CCC(=O)O)C(=O)N[C@H](CCC(=O)O)C(=O)NC(C)C(N)=O. The van der Waals surface area contributed by atoms with Gasteiger partial charge in [-0.3, -0.25) is 95.9 Å². The summed E-state index contributed by atoms with van der Waals surface area (Å²) in [7, 11) is 0. The number of aliphatic hydroxyl groups is 2. The van der Waals surface area contributed by atoms with Gasteiger partial charge in [0.2, 0.25) is 82.7 Å². The standard InChI is InChI=1S/C46H68N14O28/c1-16(36(49)78)50-37(79)18(3-6-30(66)67)52-38(80)19(4-7-31(68)69)53-42(84)23(11-33(72)73)58-46(88)27(15-62)59-41(83)22(10-29(48)65)55-43(85)24(12-34(74)75)56-39(81)20(5-8-32(70)71)54-45(87)26(14-61)60-44(86)25(13-35(76)77)57-40(82)21(9-28(47)64)51-17(2)63/h16,18-27,61-62H,3-15H2,1-2H3,(H2,47,64)(H2,48,65)(H2,49,78)(H,50,79)(H,51,63)(H,52,80)(H,53,84)(H,54,87)(H,55,85)(H,56,81)(H,57,82)(H,58,88)(H,59,83)(H,60,86)(H,66,67)(H,68,69)(H,70,71)(H,72,73)(H,74,75)(H,76,77)/t16?,18-,19?,20-,21?,22-,23-,24?,25-,26?,27?/m1/s1. The second-order valence-electron chi connectivity index (χ2n) is 18.7. The molecule has 11 atom stereocenters. The number of carboxylic acids is 6. The van der Waals surface area contributed by atoms with Crippen molar-refractivity contribution in [2.75, 3.05) is 13.2 Å². The summed E-state index contributed by atoms with van der Waals surface area (Å²) < 4.78 is 0. The maximum absolute atomic E-state index is 13.7. The smallest absolute Gasteiger partial charge is 0.305 e. The van der Waals surface area contributed by atoms with Crippen molar-refractivity contribution in [1.29, 1.82) is 0 Å². The minimum atomic E-state index is -2.38. The van der Waals surface area contributed by atoms with E-state index in [1.807, 2.05) is 47.9 Å². The Labute approximate surface area is 494 Å². The number of hydrogen-bond acceptors (Lipinski definition) is 22. The zero-order chi connectivity index (χ0) is 67.9. The van der Waals surface area contributed by atoms with E-state index in [4.69, 9.17) is 17.2 Å². The summed E-state index contributed by atoms with van der Waals surface area (Å²) in [6.45, 7) is -0.805. The van der Waals surface area contributed by atoms with Crippen LogP contribution in [0.4, 0.5) is 0 Å². The molecule has 0 aromatic carbocycles. The van der Waals surface area contributed by atoms with E-state index in [2.05, 4.69) is 10.6 Å². The molecule has 25 N–H and O–H groups in total. The lowest BCUT2D eigenvalue weighted by molar-refractivity contribution is -0.143. The van der Waals surface area contributed by atoms with Crippen LogP contribution in [0.2, 0.25) is 0 Å². The van der Waals surface area contributed by atoms with Crippen molar-refractivity contribution >= 4 is 119 Å². The lowest BCUT2D eigenvalue weighted by Gasteiger charge is -2.27. The Balaban J connectivity index is 6.78. The number of aliphatic carboxylic acids is 6. The van der Waals surface area contributed by atoms with Gasteiger partial charge in [-0.25, -0.2) is 0 Å². The third kappa shape index (κ3) is 30.7. The first-order valence-electron chi connectivity index (χ1n) is 25.5. The van der Waals surface area contributed by atoms with E-state index in [0.717, 1.165) is 13.8 Å². The van der Waals surface area contributed by atoms with Crippen LogP contribution in [0.1, 0.15) is 84.5 Å². The summed E-state index contributed by atoms with van der Waals surface area (Å²) in [4.78, 5) is 250. The molecule has 490 valence electrons. The molecule has 0 aromatic heterocycles. The van der Waals surface area contributed by atoms with E-state index < -0.39 is 269 Å². The number of carbonyl (C=O) groups excluding carboxylic acids is 14. The predicted octanol–water partition coefficient (Wildman–Crippen LogP) is -12.4. The summed E-state index contributed by atoms with van der Waals surface area (Å²) in [6, 6.07) is -22.7. The minimum absolute atomic E-state index is 0.658. The van der Waals surface area contributed by atoms with Crippen LogP contribution in [0.5, 0.6) is 0 Å². The van der Waals surface area contributed by atoms with Gasteiger partial charge < -0.3 is 117 Å². The fraction of sp³-hybridized carbons (Fsp3) is 0.565. The second-order valence-corrected chi connectivity index (χ2v) is 18.7. The lowest BCUT2D eigenvalue weighted by Crippen LogP contribution is -2.62. The molecule has 0 rings (SSSR count). The quantitative estimate of drug-likeness (QED) is 0.0270. The monoisotopic (exact) mass is 1260 g/mol. The third-order valence-electron chi connectivity index (χ3n) is 11.4. The van der Waals surface area contributed by atoms with Crippen LogP contribution in [0.3, 0.4) is 0 Å². The highest BCUT2D eigenvalue weighted by Gasteiger charge is 2.38. The van der Waals surface area contributed by atoms with Crippen LogP contribution in [0, 0.1) is 0 Å². The van der Waals surface area contributed by atoms with Gasteiger partial charge in [0.15, 0.2) is 0 Å². The Hall–Kier alpha value is -10.7. The Kier molecular flexibility index (Phi) is 33.7. The van der Waals surface area contributed by atoms with E-state index >= 15 is 0 Å². The first kappa shape index (κ1) is 77.3. The molecular weight excluding hydrogens is 1200 g/mol. The van der Waals surface area contributed by atoms with Crippen molar-refractivity contribution in [1.82, 2.24) is 58.5 Å². The molecule has 0 saturated carbocycles. The highest BCUT2D eigenvalue weighted by molar-refractivity contribution is 6.02. The zero-order valence-electron chi connectivity index (χ0n) is 46.5. The zero-order valence-corrected chi connectivity index (χ0v) is 46.5. The molecule has 0 radical (unpaired) electrons. The highest BCUT2D eigenvalue weighted by atomic mass is 16.4. The Morgan fingerprint density at radius 1 is 0.295 bits per heavy atom. The number of amides is 14. The van der Waals surface area contributed by atoms with Crippen molar-refractivity contribution in [2.24, 2.45) is 17.2 Å². The topological polar surface area (TPSA) is 714 Å². The van der Waals surface area contributed by atoms with Crippen LogP contribution >= 0.6 is 0 Å². The number of nitrogens with two attached hydrogens (primary N) is 3. The summed E-state index contributed by atoms with van der Waals surface area (Å²) in [6.07, 6.45) is -11.2. The molecule has 0 aromatic rings. The van der Waals surface area contributed by atoms with Gasteiger partial charge in [-0.1, -0.05) is 0 Å². The van der Waals surface area contributed by atoms with Gasteiger partial charge in [0.05, 0.1) is 45.3 Å². The van der Waals surface area contributed by atoms with E-state index in [1.54, 1.807) is 0 Å². The maximum Gasteiger partial charge on any atom is 0.305 e. The molecule has 0 heterocycles. The molecule has 6 unspecified atom stereocenters. The normalized spacial score (nSPS) is 14.4. The van der Waals surface area contributed by atoms with Gasteiger partial charge in [0.25, 0.3) is 0 Å². The molecule has 0 aliphatic heterocycles. The minimum Gasteiger partial charge on any atom is -0.481 e. The molecule has 88 heavy (non-hydrogen) atoms. The molecule has 0 spiro atoms. The Morgan fingerprint density at radius 3 is 0.716 bits per heavy atom. The largest absolute Gasteiger partial charge is 0.481 e. The second kappa shape index (κ2) is 38.3. The van der Waals surface area contributed by atoms with Crippen molar-refractivity contribution in [3.63, 3.8) is 0 Å². The van der Waals surface area contributed by atoms with Gasteiger partial charge >= 0.3 is 35.8 Å². The lowest BCUT2D eigenvalue weighted by atomic mass is 10.1. The molecular formula is C46H68N14O28. The molecule has 0 aliphatic carbocycles. The van der Waals surface area contributed by atoms with E-state index in [1.165, 1.54) is 0 Å². The molecule has 0 saturated heterocycles. The van der Waals surface area contributed by atoms with Gasteiger partial charge in [-0.15, -0.1) is 0 Å². The van der Waals surface area contributed by atoms with Gasteiger partial charge in [0.1, 0.15) is 66.5 Å². The van der Waals surface area contributed by atoms with E-state index in [-0.39, 0.29) is 0 Å². The van der Waals surface area contributed by atoms with Crippen LogP contribution in [0.25, 0.3) is 0 Å². The summed E-state index contributed by atoms with van der Waals surface area (Å²) in [5.74, 6) is -29.8. The van der Waals surface area contributed by atoms with Crippen LogP contribution in [-0.4, -0.2) is 239 Å². The number of aliphatic hydroxyl groups excluding tert-OH is 2. The van der Waals surface area contributed by atoms with Crippen LogP contribution in [0.15, 0.2) is 0 Å². The van der Waals surface area contributed by atoms with E-state index in [9.17, 15) is 137 Å². The Morgan fingerprint density at radius 2 is 0.500 bits per heavy atom. The van der Waals surface area contributed by atoms with Crippen molar-refractivity contribution < 1.29 is 137 Å². The summed E-state index contributed by atoms with van der Waals surface area (Å²) >= 11 is 0. The van der Waals surface area contributed by atoms with Gasteiger partial charge in [0, 0.05) is 26.2 Å². The number of carbonyl (C=O) groups is 20. The van der Waals surface area contributed by atoms with Crippen molar-refractivity contribution in [3.05, 3.63) is 0 Å². The van der Waals surface area contributed by atoms with Crippen molar-refractivity contribution in [2.45, 2.75) is 151 Å². The number of primary amides is 3. The number of carboxylic acid groups (broad SMARTS) is 6. The third-order valence-corrected chi connectivity index (χ3v) is 11.4. The van der Waals surface area contributed by atoms with Gasteiger partial charge in [-0.2, -0.15) is 0 Å². The fourth-order valence-electron chi connectivity index (χ4n) is 7.05. The number of rotatable bonds is 43. The number of hydrogen-bond donors (Lipinski definition) is 22. The Bertz CT molecular complexity index is 2670. The predicted molar refractivity (Wildman–Crippen MR) is 281 cm³/mol.